The van der Waals surface area contributed by atoms with Crippen molar-refractivity contribution >= 4 is 11.8 Å². The van der Waals surface area contributed by atoms with Crippen molar-refractivity contribution in [2.24, 2.45) is 0 Å². The number of aromatic hydroxyl groups is 1. The van der Waals surface area contributed by atoms with Gasteiger partial charge in [-0.2, -0.15) is 0 Å². The van der Waals surface area contributed by atoms with E-state index in [-0.39, 0.29) is 35.4 Å². The van der Waals surface area contributed by atoms with E-state index in [1.807, 2.05) is 13.8 Å². The van der Waals surface area contributed by atoms with E-state index < -0.39 is 34.6 Å². The van der Waals surface area contributed by atoms with Crippen LogP contribution in [0, 0.1) is 11.6 Å². The Morgan fingerprint density at radius 2 is 2.00 bits per heavy atom. The Balaban J connectivity index is 1.78. The van der Waals surface area contributed by atoms with Crippen LogP contribution in [-0.4, -0.2) is 46.0 Å². The largest absolute Gasteiger partial charge is 0.503 e. The first-order valence-corrected chi connectivity index (χ1v) is 10.5. The van der Waals surface area contributed by atoms with Gasteiger partial charge in [-0.25, -0.2) is 8.78 Å². The lowest BCUT2D eigenvalue weighted by Gasteiger charge is -2.33. The van der Waals surface area contributed by atoms with E-state index in [9.17, 15) is 28.3 Å². The molecule has 3 heterocycles. The van der Waals surface area contributed by atoms with E-state index in [0.717, 1.165) is 6.07 Å². The van der Waals surface area contributed by atoms with Crippen molar-refractivity contribution in [3.05, 3.63) is 62.6 Å². The minimum atomic E-state index is -0.946. The van der Waals surface area contributed by atoms with Crippen LogP contribution in [0.4, 0.5) is 8.78 Å². The van der Waals surface area contributed by atoms with E-state index in [0.29, 0.717) is 37.8 Å². The summed E-state index contributed by atoms with van der Waals surface area (Å²) in [6.07, 6.45) is 0.542. The molecule has 0 bridgehead atoms. The molecular formula is C22H24F2N4O4. The number of nitrogens with zero attached hydrogens (tertiary/aromatic N) is 2. The van der Waals surface area contributed by atoms with Crippen molar-refractivity contribution in [3.63, 3.8) is 0 Å². The number of carbonyl (C=O) groups is 2. The fourth-order valence-corrected chi connectivity index (χ4v) is 4.60. The lowest BCUT2D eigenvalue weighted by atomic mass is 10.0. The number of benzene rings is 1. The minimum Gasteiger partial charge on any atom is -0.503 e. The summed E-state index contributed by atoms with van der Waals surface area (Å²) < 4.78 is 28.7. The molecule has 0 aliphatic carbocycles. The third kappa shape index (κ3) is 3.44. The molecule has 2 atom stereocenters. The van der Waals surface area contributed by atoms with E-state index in [2.05, 4.69) is 10.6 Å². The Hall–Kier alpha value is -3.27. The van der Waals surface area contributed by atoms with Gasteiger partial charge in [-0.15, -0.1) is 0 Å². The number of aromatic nitrogens is 1. The summed E-state index contributed by atoms with van der Waals surface area (Å²) in [6.45, 7) is 4.82. The number of likely N-dealkylation sites (N-methyl/N-ethyl adjacent to an activating group) is 1. The molecule has 1 aromatic heterocycles. The van der Waals surface area contributed by atoms with Gasteiger partial charge in [0, 0.05) is 31.3 Å². The van der Waals surface area contributed by atoms with Gasteiger partial charge in [0.15, 0.2) is 11.4 Å². The van der Waals surface area contributed by atoms with Crippen LogP contribution < -0.4 is 16.1 Å². The molecule has 4 rings (SSSR count). The van der Waals surface area contributed by atoms with Gasteiger partial charge in [0.05, 0.1) is 17.8 Å². The normalized spacial score (nSPS) is 19.2. The Bertz CT molecular complexity index is 1160. The van der Waals surface area contributed by atoms with Gasteiger partial charge in [-0.05, 0) is 26.0 Å². The van der Waals surface area contributed by atoms with E-state index in [1.54, 1.807) is 9.47 Å². The molecule has 0 spiro atoms. The maximum absolute atomic E-state index is 14.0. The zero-order chi connectivity index (χ0) is 23.2. The molecule has 2 aromatic rings. The van der Waals surface area contributed by atoms with Crippen LogP contribution in [0.2, 0.25) is 0 Å². The van der Waals surface area contributed by atoms with Crippen LogP contribution in [0.15, 0.2) is 23.0 Å². The molecule has 1 aromatic carbocycles. The maximum Gasteiger partial charge on any atom is 0.274 e. The van der Waals surface area contributed by atoms with E-state index in [4.69, 9.17) is 0 Å². The molecule has 32 heavy (non-hydrogen) atoms. The van der Waals surface area contributed by atoms with Crippen molar-refractivity contribution in [1.82, 2.24) is 20.1 Å². The first kappa shape index (κ1) is 21.9. The number of pyridine rings is 1. The summed E-state index contributed by atoms with van der Waals surface area (Å²) in [7, 11) is 0. The number of hydrogen-bond acceptors (Lipinski definition) is 5. The third-order valence-corrected chi connectivity index (χ3v) is 6.06. The van der Waals surface area contributed by atoms with Gasteiger partial charge in [-0.3, -0.25) is 14.4 Å². The highest BCUT2D eigenvalue weighted by Crippen LogP contribution is 2.42. The molecule has 0 saturated heterocycles. The molecule has 10 heteroatoms. The molecule has 8 nitrogen and oxygen atoms in total. The molecule has 170 valence electrons. The quantitative estimate of drug-likeness (QED) is 0.628. The zero-order valence-electron chi connectivity index (χ0n) is 17.7. The summed E-state index contributed by atoms with van der Waals surface area (Å²) in [5.74, 6) is -3.59. The van der Waals surface area contributed by atoms with Crippen molar-refractivity contribution < 1.29 is 23.5 Å². The summed E-state index contributed by atoms with van der Waals surface area (Å²) in [5.41, 5.74) is -0.938. The highest BCUT2D eigenvalue weighted by Gasteiger charge is 2.44. The fourth-order valence-electron chi connectivity index (χ4n) is 4.60. The summed E-state index contributed by atoms with van der Waals surface area (Å²) in [4.78, 5) is 40.5. The van der Waals surface area contributed by atoms with Gasteiger partial charge < -0.3 is 25.2 Å². The van der Waals surface area contributed by atoms with Crippen molar-refractivity contribution in [2.45, 2.75) is 38.9 Å². The molecule has 0 saturated carbocycles. The van der Waals surface area contributed by atoms with Crippen molar-refractivity contribution in [3.8, 4) is 5.75 Å². The standard InChI is InChI=1S/C22H24F2N4O4/c1-3-25-15-8-13-10-27(4-2)22(32)18-20(30)19(29)16(17(15)28(13)18)21(31)26-9-11-5-6-12(23)7-14(11)24/h5-7,13,15,25,30H,3-4,8-10H2,1-2H3,(H,26,31)/t13-,15?/m0/s1. The number of hydrogen-bond donors (Lipinski definition) is 3. The monoisotopic (exact) mass is 446 g/mol. The molecule has 2 aliphatic rings. The lowest BCUT2D eigenvalue weighted by Crippen LogP contribution is -2.44. The predicted molar refractivity (Wildman–Crippen MR) is 112 cm³/mol. The highest BCUT2D eigenvalue weighted by atomic mass is 19.1. The highest BCUT2D eigenvalue weighted by molar-refractivity contribution is 6.00. The summed E-state index contributed by atoms with van der Waals surface area (Å²) in [6, 6.07) is 2.41. The van der Waals surface area contributed by atoms with E-state index in [1.165, 1.54) is 6.07 Å². The summed E-state index contributed by atoms with van der Waals surface area (Å²) >= 11 is 0. The second kappa shape index (κ2) is 8.34. The first-order chi connectivity index (χ1) is 15.3. The molecule has 2 amide bonds. The van der Waals surface area contributed by atoms with Gasteiger partial charge in [0.1, 0.15) is 17.2 Å². The topological polar surface area (TPSA) is 104 Å². The van der Waals surface area contributed by atoms with Crippen LogP contribution in [0.25, 0.3) is 0 Å². The number of carbonyl (C=O) groups excluding carboxylic acids is 2. The predicted octanol–water partition coefficient (Wildman–Crippen LogP) is 1.83. The smallest absolute Gasteiger partial charge is 0.274 e. The molecule has 0 radical (unpaired) electrons. The van der Waals surface area contributed by atoms with Gasteiger partial charge in [0.25, 0.3) is 11.8 Å². The van der Waals surface area contributed by atoms with Crippen molar-refractivity contribution in [1.29, 1.82) is 0 Å². The average Bonchev–Trinajstić information content (AvgIpc) is 3.10. The van der Waals surface area contributed by atoms with Crippen molar-refractivity contribution in [2.75, 3.05) is 19.6 Å². The number of halogens is 2. The fraction of sp³-hybridized carbons (Fsp3) is 0.409. The first-order valence-electron chi connectivity index (χ1n) is 10.5. The number of nitrogens with one attached hydrogen (secondary N) is 2. The molecule has 1 unspecified atom stereocenters. The SMILES string of the molecule is CCNC1C[C@H]2CN(CC)C(=O)c3c(O)c(=O)c(C(=O)NCc4ccc(F)cc4F)c1n32. The van der Waals surface area contributed by atoms with Crippen LogP contribution in [0.5, 0.6) is 5.75 Å². The maximum atomic E-state index is 14.0. The minimum absolute atomic E-state index is 0.0494. The van der Waals surface area contributed by atoms with Gasteiger partial charge in [-0.1, -0.05) is 13.0 Å². The van der Waals surface area contributed by atoms with Gasteiger partial charge >= 0.3 is 0 Å². The Kier molecular flexibility index (Phi) is 5.72. The average molecular weight is 446 g/mol. The molecule has 0 fully saturated rings. The van der Waals surface area contributed by atoms with Crippen LogP contribution in [-0.2, 0) is 6.54 Å². The Morgan fingerprint density at radius 3 is 2.66 bits per heavy atom. The lowest BCUT2D eigenvalue weighted by molar-refractivity contribution is 0.0675. The molecular weight excluding hydrogens is 422 g/mol. The van der Waals surface area contributed by atoms with Crippen LogP contribution in [0.1, 0.15) is 64.5 Å². The molecule has 3 N–H and O–H groups in total. The van der Waals surface area contributed by atoms with Crippen LogP contribution in [0.3, 0.4) is 0 Å². The number of amides is 2. The Morgan fingerprint density at radius 1 is 1.25 bits per heavy atom. The zero-order valence-corrected chi connectivity index (χ0v) is 17.7. The number of rotatable bonds is 6. The third-order valence-electron chi connectivity index (χ3n) is 6.06. The summed E-state index contributed by atoms with van der Waals surface area (Å²) in [5, 5.41) is 16.4. The molecule has 2 aliphatic heterocycles. The Labute approximate surface area is 182 Å². The van der Waals surface area contributed by atoms with E-state index >= 15 is 0 Å². The second-order valence-corrected chi connectivity index (χ2v) is 7.92. The van der Waals surface area contributed by atoms with Gasteiger partial charge in [0.2, 0.25) is 5.43 Å². The van der Waals surface area contributed by atoms with Crippen LogP contribution >= 0.6 is 0 Å². The second-order valence-electron chi connectivity index (χ2n) is 7.92.